The number of aryl methyl sites for hydroxylation is 2. The smallest absolute Gasteiger partial charge is 0.137 e. The Labute approximate surface area is 226 Å². The zero-order valence-electron chi connectivity index (χ0n) is 23.7. The molecule has 0 aliphatic carbocycles. The van der Waals surface area contributed by atoms with Crippen LogP contribution in [0.15, 0.2) is 24.3 Å². The Morgan fingerprint density at radius 2 is 0.946 bits per heavy atom. The number of benzene rings is 2. The minimum atomic E-state index is 0.757. The van der Waals surface area contributed by atoms with Gasteiger partial charge < -0.3 is 14.2 Å². The van der Waals surface area contributed by atoms with Gasteiger partial charge in [-0.25, -0.2) is 0 Å². The third-order valence-electron chi connectivity index (χ3n) is 8.12. The molecule has 0 bridgehead atoms. The topological polar surface area (TPSA) is 27.7 Å². The molecule has 37 heavy (non-hydrogen) atoms. The molecule has 0 saturated heterocycles. The van der Waals surface area contributed by atoms with E-state index in [0.717, 1.165) is 61.9 Å². The molecule has 3 heteroatoms. The summed E-state index contributed by atoms with van der Waals surface area (Å²) in [4.78, 5) is 0. The van der Waals surface area contributed by atoms with E-state index in [1.165, 1.54) is 112 Å². The van der Waals surface area contributed by atoms with Crippen LogP contribution in [0.25, 0.3) is 0 Å². The molecule has 2 aliphatic heterocycles. The third-order valence-corrected chi connectivity index (χ3v) is 8.12. The van der Waals surface area contributed by atoms with Crippen LogP contribution in [0.4, 0.5) is 0 Å². The molecule has 0 aromatic heterocycles. The van der Waals surface area contributed by atoms with Crippen LogP contribution >= 0.6 is 0 Å². The van der Waals surface area contributed by atoms with Crippen LogP contribution in [0.5, 0.6) is 23.0 Å². The molecule has 0 radical (unpaired) electrons. The van der Waals surface area contributed by atoms with Gasteiger partial charge in [-0.15, -0.1) is 0 Å². The highest BCUT2D eigenvalue weighted by atomic mass is 16.5. The van der Waals surface area contributed by atoms with Crippen LogP contribution in [-0.4, -0.2) is 13.2 Å². The Kier molecular flexibility index (Phi) is 11.5. The van der Waals surface area contributed by atoms with E-state index in [2.05, 4.69) is 38.1 Å². The lowest BCUT2D eigenvalue weighted by atomic mass is 9.98. The highest BCUT2D eigenvalue weighted by molar-refractivity contribution is 5.58. The predicted molar refractivity (Wildman–Crippen MR) is 155 cm³/mol. The lowest BCUT2D eigenvalue weighted by molar-refractivity contribution is 0.356. The molecule has 0 spiro atoms. The van der Waals surface area contributed by atoms with E-state index < -0.39 is 0 Å². The van der Waals surface area contributed by atoms with Crippen LogP contribution in [0.1, 0.15) is 126 Å². The van der Waals surface area contributed by atoms with Crippen LogP contribution in [0, 0.1) is 0 Å². The molecule has 2 aromatic carbocycles. The van der Waals surface area contributed by atoms with Gasteiger partial charge in [-0.1, -0.05) is 103 Å². The second-order valence-corrected chi connectivity index (χ2v) is 11.1. The SMILES string of the molecule is CCCCCCCCCc1ccc2c(c1Oc1c(CCCCCCCCC)ccc3c1CCO3)CCO2. The van der Waals surface area contributed by atoms with Crippen molar-refractivity contribution in [2.75, 3.05) is 13.2 Å². The van der Waals surface area contributed by atoms with E-state index in [0.29, 0.717) is 0 Å². The highest BCUT2D eigenvalue weighted by Gasteiger charge is 2.25. The fourth-order valence-corrected chi connectivity index (χ4v) is 5.88. The average Bonchev–Trinajstić information content (AvgIpc) is 3.59. The van der Waals surface area contributed by atoms with Crippen molar-refractivity contribution in [2.45, 2.75) is 129 Å². The van der Waals surface area contributed by atoms with Crippen LogP contribution in [-0.2, 0) is 25.7 Å². The molecule has 2 aliphatic rings. The second-order valence-electron chi connectivity index (χ2n) is 11.1. The van der Waals surface area contributed by atoms with Gasteiger partial charge in [0, 0.05) is 24.0 Å². The summed E-state index contributed by atoms with van der Waals surface area (Å²) in [7, 11) is 0. The molecule has 2 aromatic rings. The molecule has 0 N–H and O–H groups in total. The Morgan fingerprint density at radius 3 is 1.38 bits per heavy atom. The molecular weight excluding hydrogens is 456 g/mol. The van der Waals surface area contributed by atoms with Crippen molar-refractivity contribution in [1.82, 2.24) is 0 Å². The summed E-state index contributed by atoms with van der Waals surface area (Å²) in [5.41, 5.74) is 5.21. The van der Waals surface area contributed by atoms with Crippen molar-refractivity contribution in [3.8, 4) is 23.0 Å². The van der Waals surface area contributed by atoms with Crippen molar-refractivity contribution < 1.29 is 14.2 Å². The number of hydrogen-bond acceptors (Lipinski definition) is 3. The summed E-state index contributed by atoms with van der Waals surface area (Å²) in [6.45, 7) is 6.09. The monoisotopic (exact) mass is 506 g/mol. The summed E-state index contributed by atoms with van der Waals surface area (Å²) >= 11 is 0. The number of fused-ring (bicyclic) bond motifs is 2. The first-order valence-corrected chi connectivity index (χ1v) is 15.5. The average molecular weight is 507 g/mol. The zero-order valence-corrected chi connectivity index (χ0v) is 23.7. The van der Waals surface area contributed by atoms with Gasteiger partial charge in [0.15, 0.2) is 0 Å². The molecule has 3 nitrogen and oxygen atoms in total. The van der Waals surface area contributed by atoms with Gasteiger partial charge in [-0.3, -0.25) is 0 Å². The second kappa shape index (κ2) is 15.3. The van der Waals surface area contributed by atoms with E-state index in [-0.39, 0.29) is 0 Å². The van der Waals surface area contributed by atoms with Crippen LogP contribution < -0.4 is 14.2 Å². The highest BCUT2D eigenvalue weighted by Crippen LogP contribution is 2.44. The van der Waals surface area contributed by atoms with Gasteiger partial charge in [0.05, 0.1) is 13.2 Å². The Bertz CT molecular complexity index is 887. The third kappa shape index (κ3) is 7.91. The zero-order chi connectivity index (χ0) is 25.7. The minimum Gasteiger partial charge on any atom is -0.493 e. The normalized spacial score (nSPS) is 13.8. The van der Waals surface area contributed by atoms with Crippen LogP contribution in [0.2, 0.25) is 0 Å². The van der Waals surface area contributed by atoms with E-state index in [4.69, 9.17) is 14.2 Å². The van der Waals surface area contributed by atoms with Crippen molar-refractivity contribution in [3.63, 3.8) is 0 Å². The molecule has 0 unspecified atom stereocenters. The standard InChI is InChI=1S/C34H50O3/c1-3-5-7-9-11-13-15-17-27-19-21-31-29(23-25-35-31)33(27)37-34-28(18-16-14-12-10-8-6-4-2)20-22-32-30(34)24-26-36-32/h19-22H,3-18,23-26H2,1-2H3. The lowest BCUT2D eigenvalue weighted by Crippen LogP contribution is -2.01. The summed E-state index contributed by atoms with van der Waals surface area (Å²) in [6.07, 6.45) is 22.6. The van der Waals surface area contributed by atoms with Crippen molar-refractivity contribution in [1.29, 1.82) is 0 Å². The van der Waals surface area contributed by atoms with Gasteiger partial charge in [0.25, 0.3) is 0 Å². The van der Waals surface area contributed by atoms with Crippen molar-refractivity contribution >= 4 is 0 Å². The number of hydrogen-bond donors (Lipinski definition) is 0. The Balaban J connectivity index is 1.46. The predicted octanol–water partition coefficient (Wildman–Crippen LogP) is 9.93. The Morgan fingerprint density at radius 1 is 0.541 bits per heavy atom. The fourth-order valence-electron chi connectivity index (χ4n) is 5.88. The van der Waals surface area contributed by atoms with E-state index in [9.17, 15) is 0 Å². The van der Waals surface area contributed by atoms with E-state index in [1.807, 2.05) is 0 Å². The number of unbranched alkanes of at least 4 members (excludes halogenated alkanes) is 12. The van der Waals surface area contributed by atoms with Gasteiger partial charge in [0.2, 0.25) is 0 Å². The fraction of sp³-hybridized carbons (Fsp3) is 0.647. The van der Waals surface area contributed by atoms with Crippen molar-refractivity contribution in [2.24, 2.45) is 0 Å². The molecule has 204 valence electrons. The summed E-state index contributed by atoms with van der Waals surface area (Å²) in [5, 5.41) is 0. The van der Waals surface area contributed by atoms with E-state index in [1.54, 1.807) is 0 Å². The van der Waals surface area contributed by atoms with Crippen LogP contribution in [0.3, 0.4) is 0 Å². The molecule has 4 rings (SSSR count). The number of rotatable bonds is 18. The summed E-state index contributed by atoms with van der Waals surface area (Å²) in [6, 6.07) is 8.85. The Hall–Kier alpha value is -2.16. The maximum Gasteiger partial charge on any atom is 0.137 e. The lowest BCUT2D eigenvalue weighted by Gasteiger charge is -2.19. The largest absolute Gasteiger partial charge is 0.493 e. The molecule has 0 atom stereocenters. The summed E-state index contributed by atoms with van der Waals surface area (Å²) < 4.78 is 18.9. The molecule has 0 fully saturated rings. The maximum absolute atomic E-state index is 6.99. The summed E-state index contributed by atoms with van der Waals surface area (Å²) in [5.74, 6) is 4.16. The number of ether oxygens (including phenoxy) is 3. The van der Waals surface area contributed by atoms with Gasteiger partial charge in [-0.2, -0.15) is 0 Å². The molecule has 0 saturated carbocycles. The van der Waals surface area contributed by atoms with Crippen molar-refractivity contribution in [3.05, 3.63) is 46.5 Å². The minimum absolute atomic E-state index is 0.757. The maximum atomic E-state index is 6.99. The molecule has 2 heterocycles. The van der Waals surface area contributed by atoms with Gasteiger partial charge >= 0.3 is 0 Å². The first-order valence-electron chi connectivity index (χ1n) is 15.5. The molecular formula is C34H50O3. The van der Waals surface area contributed by atoms with Gasteiger partial charge in [0.1, 0.15) is 23.0 Å². The first-order chi connectivity index (χ1) is 18.3. The quantitative estimate of drug-likeness (QED) is 0.188. The first kappa shape index (κ1) is 27.9. The molecule has 0 amide bonds. The van der Waals surface area contributed by atoms with Gasteiger partial charge in [-0.05, 0) is 48.9 Å². The van der Waals surface area contributed by atoms with E-state index >= 15 is 0 Å².